The zero-order chi connectivity index (χ0) is 25.3. The molecule has 5 fully saturated rings. The third kappa shape index (κ3) is 4.16. The van der Waals surface area contributed by atoms with E-state index in [-0.39, 0.29) is 28.3 Å². The maximum absolute atomic E-state index is 15.3. The van der Waals surface area contributed by atoms with Gasteiger partial charge >= 0.3 is 6.09 Å². The van der Waals surface area contributed by atoms with Crippen LogP contribution in [0.4, 0.5) is 21.0 Å². The third-order valence-electron chi connectivity index (χ3n) is 7.97. The van der Waals surface area contributed by atoms with Crippen LogP contribution in [0.3, 0.4) is 0 Å². The molecule has 0 aromatic carbocycles. The summed E-state index contributed by atoms with van der Waals surface area (Å²) >= 11 is 6.18. The average molecular weight is 529 g/mol. The summed E-state index contributed by atoms with van der Waals surface area (Å²) in [6, 6.07) is 3.47. The SMILES string of the molecule is O=C(NC12CC(C1)C2)O[C@H]1CC[C@@H](c2cc(Nc3nc(Cl)cc4nc(C(=O)NC5CC5)cn34)n[nH]2)[C@@H]1F. The predicted octanol–water partition coefficient (Wildman–Crippen LogP) is 3.60. The summed E-state index contributed by atoms with van der Waals surface area (Å²) in [6.07, 6.45) is 4.83. The van der Waals surface area contributed by atoms with E-state index >= 15 is 4.39 Å². The maximum Gasteiger partial charge on any atom is 0.407 e. The van der Waals surface area contributed by atoms with E-state index < -0.39 is 24.3 Å². The van der Waals surface area contributed by atoms with Crippen molar-refractivity contribution in [2.24, 2.45) is 5.92 Å². The predicted molar refractivity (Wildman–Crippen MR) is 131 cm³/mol. The molecule has 5 saturated carbocycles. The number of imidazole rings is 1. The molecule has 2 bridgehead atoms. The second-order valence-electron chi connectivity index (χ2n) is 10.8. The molecule has 3 heterocycles. The summed E-state index contributed by atoms with van der Waals surface area (Å²) in [4.78, 5) is 33.4. The fraction of sp³-hybridized carbons (Fsp3) is 0.542. The topological polar surface area (TPSA) is 138 Å². The third-order valence-corrected chi connectivity index (χ3v) is 8.16. The highest BCUT2D eigenvalue weighted by Gasteiger charge is 2.58. The van der Waals surface area contributed by atoms with Crippen LogP contribution in [0, 0.1) is 5.92 Å². The van der Waals surface area contributed by atoms with Crippen molar-refractivity contribution in [1.82, 2.24) is 35.2 Å². The van der Waals surface area contributed by atoms with Gasteiger partial charge in [-0.05, 0) is 50.9 Å². The van der Waals surface area contributed by atoms with Crippen LogP contribution in [0.5, 0.6) is 0 Å². The van der Waals surface area contributed by atoms with E-state index in [1.165, 1.54) is 0 Å². The van der Waals surface area contributed by atoms with Gasteiger partial charge in [0, 0.05) is 41.5 Å². The summed E-state index contributed by atoms with van der Waals surface area (Å²) in [6.45, 7) is 0. The molecular formula is C24H26ClFN8O3. The Hall–Kier alpha value is -3.41. The second kappa shape index (κ2) is 8.30. The molecule has 0 spiro atoms. The number of nitrogens with zero attached hydrogens (tertiary/aromatic N) is 4. The van der Waals surface area contributed by atoms with E-state index in [1.807, 2.05) is 0 Å². The summed E-state index contributed by atoms with van der Waals surface area (Å²) in [5.41, 5.74) is 1.20. The Morgan fingerprint density at radius 1 is 1.16 bits per heavy atom. The molecule has 0 unspecified atom stereocenters. The molecule has 5 aliphatic rings. The zero-order valence-corrected chi connectivity index (χ0v) is 20.6. The standard InChI is InChI=1S/C24H26ClFN8O3/c25-17-6-19-28-15(21(35)27-12-1-2-12)10-34(19)22(29-17)30-18-5-14(32-33-18)13-3-4-16(20(13)26)37-23(36)31-24-7-11(8-24)9-24/h5-6,10-13,16,20H,1-4,7-9H2,(H,27,35)(H,31,36)(H2,29,30,32,33)/t11?,13-,16-,20-,24?/m0/s1. The van der Waals surface area contributed by atoms with Gasteiger partial charge < -0.3 is 20.7 Å². The number of nitrogens with one attached hydrogen (secondary N) is 4. The van der Waals surface area contributed by atoms with Crippen molar-refractivity contribution in [2.45, 2.75) is 74.7 Å². The highest BCUT2D eigenvalue weighted by molar-refractivity contribution is 6.29. The number of alkyl carbamates (subject to hydrolysis) is 1. The molecule has 0 aliphatic heterocycles. The Bertz CT molecular complexity index is 1390. The number of fused-ring (bicyclic) bond motifs is 1. The molecule has 3 atom stereocenters. The van der Waals surface area contributed by atoms with E-state index in [0.29, 0.717) is 35.9 Å². The number of aromatic nitrogens is 5. The lowest BCUT2D eigenvalue weighted by Gasteiger charge is -2.61. The molecule has 194 valence electrons. The highest BCUT2D eigenvalue weighted by Crippen LogP contribution is 2.57. The second-order valence-corrected chi connectivity index (χ2v) is 11.2. The Morgan fingerprint density at radius 3 is 2.70 bits per heavy atom. The number of carbonyl (C=O) groups is 2. The minimum absolute atomic E-state index is 0.105. The Morgan fingerprint density at radius 2 is 1.97 bits per heavy atom. The minimum Gasteiger partial charge on any atom is -0.443 e. The van der Waals surface area contributed by atoms with E-state index in [2.05, 4.69) is 36.1 Å². The lowest BCUT2D eigenvalue weighted by molar-refractivity contribution is -0.0532. The van der Waals surface area contributed by atoms with Crippen LogP contribution in [0.2, 0.25) is 5.15 Å². The van der Waals surface area contributed by atoms with Crippen LogP contribution in [0.15, 0.2) is 18.3 Å². The van der Waals surface area contributed by atoms with Crippen LogP contribution in [-0.4, -0.2) is 60.4 Å². The quantitative estimate of drug-likeness (QED) is 0.344. The van der Waals surface area contributed by atoms with Crippen molar-refractivity contribution < 1.29 is 18.7 Å². The number of hydrogen-bond donors (Lipinski definition) is 4. The first-order valence-electron chi connectivity index (χ1n) is 12.7. The largest absolute Gasteiger partial charge is 0.443 e. The van der Waals surface area contributed by atoms with Crippen LogP contribution < -0.4 is 16.0 Å². The number of rotatable bonds is 7. The zero-order valence-electron chi connectivity index (χ0n) is 19.8. The van der Waals surface area contributed by atoms with Gasteiger partial charge in [0.15, 0.2) is 5.82 Å². The molecule has 37 heavy (non-hydrogen) atoms. The first-order chi connectivity index (χ1) is 17.8. The summed E-state index contributed by atoms with van der Waals surface area (Å²) in [5, 5.41) is 16.3. The summed E-state index contributed by atoms with van der Waals surface area (Å²) < 4.78 is 22.3. The molecule has 13 heteroatoms. The number of anilines is 2. The van der Waals surface area contributed by atoms with Crippen molar-refractivity contribution in [1.29, 1.82) is 0 Å². The first kappa shape index (κ1) is 22.8. The van der Waals surface area contributed by atoms with Gasteiger partial charge in [0.05, 0.1) is 0 Å². The highest BCUT2D eigenvalue weighted by atomic mass is 35.5. The Balaban J connectivity index is 1.03. The molecule has 8 rings (SSSR count). The molecule has 0 saturated heterocycles. The maximum atomic E-state index is 15.3. The van der Waals surface area contributed by atoms with Gasteiger partial charge in [-0.1, -0.05) is 11.6 Å². The van der Waals surface area contributed by atoms with Crippen molar-refractivity contribution in [3.8, 4) is 0 Å². The first-order valence-corrected chi connectivity index (χ1v) is 13.0. The molecule has 3 aromatic heterocycles. The number of amides is 2. The molecule has 2 amide bonds. The number of hydrogen-bond acceptors (Lipinski definition) is 7. The molecular weight excluding hydrogens is 503 g/mol. The van der Waals surface area contributed by atoms with Gasteiger partial charge in [-0.3, -0.25) is 14.3 Å². The summed E-state index contributed by atoms with van der Waals surface area (Å²) in [7, 11) is 0. The summed E-state index contributed by atoms with van der Waals surface area (Å²) in [5.74, 6) is 0.721. The number of carbonyl (C=O) groups excluding carboxylic acids is 2. The Kier molecular flexibility index (Phi) is 5.11. The van der Waals surface area contributed by atoms with Crippen LogP contribution in [-0.2, 0) is 4.74 Å². The fourth-order valence-corrected chi connectivity index (χ4v) is 5.91. The van der Waals surface area contributed by atoms with Gasteiger partial charge in [0.25, 0.3) is 5.91 Å². The molecule has 5 aliphatic carbocycles. The number of H-pyrrole nitrogens is 1. The number of halogens is 2. The lowest BCUT2D eigenvalue weighted by Crippen LogP contribution is -2.68. The molecule has 4 N–H and O–H groups in total. The lowest BCUT2D eigenvalue weighted by atomic mass is 9.50. The van der Waals surface area contributed by atoms with Crippen molar-refractivity contribution >= 4 is 41.0 Å². The minimum atomic E-state index is -1.34. The van der Waals surface area contributed by atoms with Crippen LogP contribution in [0.1, 0.15) is 67.0 Å². The van der Waals surface area contributed by atoms with E-state index in [9.17, 15) is 9.59 Å². The van der Waals surface area contributed by atoms with Crippen LogP contribution >= 0.6 is 11.6 Å². The molecule has 3 aromatic rings. The van der Waals surface area contributed by atoms with Crippen molar-refractivity contribution in [3.63, 3.8) is 0 Å². The molecule has 11 nitrogen and oxygen atoms in total. The average Bonchev–Trinajstić information content (AvgIpc) is 3.17. The smallest absolute Gasteiger partial charge is 0.407 e. The van der Waals surface area contributed by atoms with Crippen molar-refractivity contribution in [2.75, 3.05) is 5.32 Å². The van der Waals surface area contributed by atoms with E-state index in [0.717, 1.165) is 38.0 Å². The van der Waals surface area contributed by atoms with E-state index in [4.69, 9.17) is 16.3 Å². The molecule has 0 radical (unpaired) electrons. The number of aromatic amines is 1. The van der Waals surface area contributed by atoms with Gasteiger partial charge in [0.1, 0.15) is 28.8 Å². The van der Waals surface area contributed by atoms with Gasteiger partial charge in [-0.2, -0.15) is 5.10 Å². The monoisotopic (exact) mass is 528 g/mol. The normalized spacial score (nSPS) is 29.9. The van der Waals surface area contributed by atoms with Gasteiger partial charge in [-0.25, -0.2) is 19.2 Å². The van der Waals surface area contributed by atoms with Crippen LogP contribution in [0.25, 0.3) is 5.65 Å². The number of ether oxygens (including phenoxy) is 1. The van der Waals surface area contributed by atoms with Crippen molar-refractivity contribution in [3.05, 3.63) is 34.9 Å². The number of alkyl halides is 1. The van der Waals surface area contributed by atoms with Gasteiger partial charge in [0.2, 0.25) is 5.95 Å². The Labute approximate surface area is 215 Å². The van der Waals surface area contributed by atoms with E-state index in [1.54, 1.807) is 22.7 Å². The van der Waals surface area contributed by atoms with Gasteiger partial charge in [-0.15, -0.1) is 0 Å². The fourth-order valence-electron chi connectivity index (χ4n) is 5.74.